The molecule has 0 radical (unpaired) electrons. The van der Waals surface area contributed by atoms with Crippen LogP contribution < -0.4 is 21.1 Å². The van der Waals surface area contributed by atoms with Gasteiger partial charge in [-0.3, -0.25) is 9.59 Å². The molecule has 0 spiro atoms. The van der Waals surface area contributed by atoms with Crippen LogP contribution in [0.5, 0.6) is 5.75 Å². The van der Waals surface area contributed by atoms with Crippen molar-refractivity contribution in [1.29, 1.82) is 0 Å². The molecule has 6 nitrogen and oxygen atoms in total. The van der Waals surface area contributed by atoms with Gasteiger partial charge >= 0.3 is 0 Å². The monoisotopic (exact) mass is 313 g/mol. The fraction of sp³-hybridized carbons (Fsp3) is 0.429. The SMILES string of the molecule is Cl.NC(=O)c1ccc(OCCC(=O)NCC2CNC2)cc1. The van der Waals surface area contributed by atoms with Gasteiger partial charge in [-0.05, 0) is 24.3 Å². The Morgan fingerprint density at radius 1 is 1.29 bits per heavy atom. The lowest BCUT2D eigenvalue weighted by Crippen LogP contribution is -2.48. The maximum absolute atomic E-state index is 11.5. The summed E-state index contributed by atoms with van der Waals surface area (Å²) in [7, 11) is 0. The van der Waals surface area contributed by atoms with Crippen molar-refractivity contribution in [3.8, 4) is 5.75 Å². The van der Waals surface area contributed by atoms with Gasteiger partial charge in [0, 0.05) is 31.1 Å². The number of primary amides is 1. The Morgan fingerprint density at radius 2 is 1.95 bits per heavy atom. The van der Waals surface area contributed by atoms with Crippen molar-refractivity contribution in [2.75, 3.05) is 26.2 Å². The lowest BCUT2D eigenvalue weighted by atomic mass is 10.0. The molecular formula is C14H20ClN3O3. The molecule has 0 saturated carbocycles. The normalized spacial score (nSPS) is 13.7. The van der Waals surface area contributed by atoms with E-state index in [4.69, 9.17) is 10.5 Å². The number of ether oxygens (including phenoxy) is 1. The molecule has 1 aliphatic heterocycles. The van der Waals surface area contributed by atoms with Gasteiger partial charge in [-0.2, -0.15) is 0 Å². The van der Waals surface area contributed by atoms with Crippen LogP contribution in [0, 0.1) is 5.92 Å². The van der Waals surface area contributed by atoms with E-state index in [0.717, 1.165) is 19.6 Å². The van der Waals surface area contributed by atoms with Crippen LogP contribution in [0.3, 0.4) is 0 Å². The lowest BCUT2D eigenvalue weighted by molar-refractivity contribution is -0.121. The Morgan fingerprint density at radius 3 is 2.48 bits per heavy atom. The molecule has 2 rings (SSSR count). The standard InChI is InChI=1S/C14H19N3O3.ClH/c15-14(19)11-1-3-12(4-2-11)20-6-5-13(18)17-9-10-7-16-8-10;/h1-4,10,16H,5-9H2,(H2,15,19)(H,17,18);1H. The molecule has 4 N–H and O–H groups in total. The van der Waals surface area contributed by atoms with Crippen molar-refractivity contribution in [2.24, 2.45) is 11.7 Å². The second kappa shape index (κ2) is 8.49. The van der Waals surface area contributed by atoms with Gasteiger partial charge in [0.2, 0.25) is 11.8 Å². The fourth-order valence-corrected chi connectivity index (χ4v) is 1.82. The molecule has 0 atom stereocenters. The maximum Gasteiger partial charge on any atom is 0.248 e. The highest BCUT2D eigenvalue weighted by molar-refractivity contribution is 5.92. The number of benzene rings is 1. The van der Waals surface area contributed by atoms with Crippen LogP contribution in [0.4, 0.5) is 0 Å². The maximum atomic E-state index is 11.5. The summed E-state index contributed by atoms with van der Waals surface area (Å²) in [6.07, 6.45) is 0.317. The Kier molecular flexibility index (Phi) is 6.98. The van der Waals surface area contributed by atoms with Gasteiger partial charge in [0.05, 0.1) is 13.0 Å². The number of rotatable bonds is 7. The van der Waals surface area contributed by atoms with E-state index in [2.05, 4.69) is 10.6 Å². The number of carbonyl (C=O) groups is 2. The zero-order valence-corrected chi connectivity index (χ0v) is 12.4. The minimum atomic E-state index is -0.471. The van der Waals surface area contributed by atoms with Crippen LogP contribution in [0.2, 0.25) is 0 Å². The van der Waals surface area contributed by atoms with Gasteiger partial charge in [0.15, 0.2) is 0 Å². The summed E-state index contributed by atoms with van der Waals surface area (Å²) >= 11 is 0. The topological polar surface area (TPSA) is 93.5 Å². The summed E-state index contributed by atoms with van der Waals surface area (Å²) in [6, 6.07) is 6.53. The molecular weight excluding hydrogens is 294 g/mol. The van der Waals surface area contributed by atoms with Crippen molar-refractivity contribution >= 4 is 24.2 Å². The first-order chi connectivity index (χ1) is 9.65. The van der Waals surface area contributed by atoms with Crippen molar-refractivity contribution in [1.82, 2.24) is 10.6 Å². The molecule has 21 heavy (non-hydrogen) atoms. The second-order valence-corrected chi connectivity index (χ2v) is 4.82. The molecule has 1 saturated heterocycles. The Bertz CT molecular complexity index is 475. The van der Waals surface area contributed by atoms with Gasteiger partial charge < -0.3 is 21.1 Å². The number of carbonyl (C=O) groups excluding carboxylic acids is 2. The molecule has 1 aromatic rings. The minimum Gasteiger partial charge on any atom is -0.493 e. The lowest BCUT2D eigenvalue weighted by Gasteiger charge is -2.27. The average molecular weight is 314 g/mol. The first-order valence-corrected chi connectivity index (χ1v) is 6.65. The highest BCUT2D eigenvalue weighted by Gasteiger charge is 2.16. The predicted octanol–water partition coefficient (Wildman–Crippen LogP) is 0.312. The molecule has 0 aliphatic carbocycles. The van der Waals surface area contributed by atoms with E-state index < -0.39 is 5.91 Å². The molecule has 1 heterocycles. The molecule has 1 fully saturated rings. The summed E-state index contributed by atoms with van der Waals surface area (Å²) in [6.45, 7) is 2.98. The van der Waals surface area contributed by atoms with E-state index in [0.29, 0.717) is 30.3 Å². The van der Waals surface area contributed by atoms with Crippen molar-refractivity contribution < 1.29 is 14.3 Å². The number of nitrogens with two attached hydrogens (primary N) is 1. The van der Waals surface area contributed by atoms with Crippen LogP contribution >= 0.6 is 12.4 Å². The highest BCUT2D eigenvalue weighted by atomic mass is 35.5. The smallest absolute Gasteiger partial charge is 0.248 e. The summed E-state index contributed by atoms with van der Waals surface area (Å²) in [5.74, 6) is 0.694. The quantitative estimate of drug-likeness (QED) is 0.675. The van der Waals surface area contributed by atoms with E-state index >= 15 is 0 Å². The van der Waals surface area contributed by atoms with E-state index in [-0.39, 0.29) is 18.3 Å². The Labute approximate surface area is 129 Å². The second-order valence-electron chi connectivity index (χ2n) is 4.82. The summed E-state index contributed by atoms with van der Waals surface area (Å²) in [5, 5.41) is 6.03. The van der Waals surface area contributed by atoms with Crippen LogP contribution in [0.25, 0.3) is 0 Å². The molecule has 1 aromatic carbocycles. The van der Waals surface area contributed by atoms with E-state index in [1.807, 2.05) is 0 Å². The van der Waals surface area contributed by atoms with Crippen LogP contribution in [-0.2, 0) is 4.79 Å². The zero-order chi connectivity index (χ0) is 14.4. The summed E-state index contributed by atoms with van der Waals surface area (Å²) in [4.78, 5) is 22.4. The number of hydrogen-bond acceptors (Lipinski definition) is 4. The first kappa shape index (κ1) is 17.3. The van der Waals surface area contributed by atoms with Gasteiger partial charge in [-0.1, -0.05) is 0 Å². The van der Waals surface area contributed by atoms with Gasteiger partial charge in [0.1, 0.15) is 5.75 Å². The first-order valence-electron chi connectivity index (χ1n) is 6.65. The predicted molar refractivity (Wildman–Crippen MR) is 81.7 cm³/mol. The Balaban J connectivity index is 0.00000220. The molecule has 0 aromatic heterocycles. The Hall–Kier alpha value is -1.79. The van der Waals surface area contributed by atoms with Gasteiger partial charge in [-0.15, -0.1) is 12.4 Å². The number of hydrogen-bond donors (Lipinski definition) is 3. The van der Waals surface area contributed by atoms with Crippen LogP contribution in [0.15, 0.2) is 24.3 Å². The van der Waals surface area contributed by atoms with Crippen molar-refractivity contribution in [3.63, 3.8) is 0 Å². The van der Waals surface area contributed by atoms with E-state index in [1.54, 1.807) is 24.3 Å². The molecule has 0 bridgehead atoms. The molecule has 0 unspecified atom stereocenters. The molecule has 116 valence electrons. The van der Waals surface area contributed by atoms with Crippen LogP contribution in [-0.4, -0.2) is 38.1 Å². The number of nitrogens with one attached hydrogen (secondary N) is 2. The molecule has 7 heteroatoms. The van der Waals surface area contributed by atoms with E-state index in [1.165, 1.54) is 0 Å². The highest BCUT2D eigenvalue weighted by Crippen LogP contribution is 2.12. The minimum absolute atomic E-state index is 0. The van der Waals surface area contributed by atoms with Crippen molar-refractivity contribution in [2.45, 2.75) is 6.42 Å². The summed E-state index contributed by atoms with van der Waals surface area (Å²) in [5.41, 5.74) is 5.57. The summed E-state index contributed by atoms with van der Waals surface area (Å²) < 4.78 is 5.43. The number of amides is 2. The van der Waals surface area contributed by atoms with E-state index in [9.17, 15) is 9.59 Å². The third-order valence-corrected chi connectivity index (χ3v) is 3.19. The zero-order valence-electron chi connectivity index (χ0n) is 11.6. The van der Waals surface area contributed by atoms with Crippen LogP contribution in [0.1, 0.15) is 16.8 Å². The van der Waals surface area contributed by atoms with Gasteiger partial charge in [-0.25, -0.2) is 0 Å². The third kappa shape index (κ3) is 5.61. The third-order valence-electron chi connectivity index (χ3n) is 3.19. The molecule has 2 amide bonds. The fourth-order valence-electron chi connectivity index (χ4n) is 1.82. The van der Waals surface area contributed by atoms with Gasteiger partial charge in [0.25, 0.3) is 0 Å². The number of halogens is 1. The largest absolute Gasteiger partial charge is 0.493 e. The van der Waals surface area contributed by atoms with Crippen molar-refractivity contribution in [3.05, 3.63) is 29.8 Å². The average Bonchev–Trinajstić information content (AvgIpc) is 2.37. The molecule has 1 aliphatic rings.